The molecule has 42 heavy (non-hydrogen) atoms. The molecule has 0 aliphatic carbocycles. The lowest BCUT2D eigenvalue weighted by atomic mass is 9.86. The number of aromatic nitrogens is 2. The predicted octanol–water partition coefficient (Wildman–Crippen LogP) is 5.30. The lowest BCUT2D eigenvalue weighted by Gasteiger charge is -2.31. The molecule has 3 aromatic carbocycles. The van der Waals surface area contributed by atoms with E-state index in [4.69, 9.17) is 14.6 Å². The van der Waals surface area contributed by atoms with Crippen LogP contribution in [0.25, 0.3) is 33.4 Å². The molecular weight excluding hydrogens is 530 g/mol. The van der Waals surface area contributed by atoms with E-state index in [1.807, 2.05) is 54.6 Å². The van der Waals surface area contributed by atoms with Crippen molar-refractivity contribution in [1.82, 2.24) is 9.55 Å². The largest absolute Gasteiger partial charge is 0.458 e. The van der Waals surface area contributed by atoms with Gasteiger partial charge in [-0.25, -0.2) is 9.78 Å². The van der Waals surface area contributed by atoms with Crippen molar-refractivity contribution in [3.63, 3.8) is 0 Å². The number of hydrogen-bond donors (Lipinski definition) is 1. The molecule has 0 saturated carbocycles. The molecule has 0 amide bonds. The lowest BCUT2D eigenvalue weighted by Crippen LogP contribution is -2.44. The van der Waals surface area contributed by atoms with Crippen LogP contribution in [0.4, 0.5) is 0 Å². The Hall–Kier alpha value is -5.08. The zero-order valence-corrected chi connectivity index (χ0v) is 22.9. The van der Waals surface area contributed by atoms with Crippen molar-refractivity contribution >= 4 is 23.1 Å². The highest BCUT2D eigenvalue weighted by Gasteiger charge is 2.45. The van der Waals surface area contributed by atoms with Crippen LogP contribution in [0.5, 0.6) is 0 Å². The third-order valence-corrected chi connectivity index (χ3v) is 8.19. The van der Waals surface area contributed by atoms with E-state index in [9.17, 15) is 14.7 Å². The van der Waals surface area contributed by atoms with Crippen LogP contribution in [0, 0.1) is 0 Å². The van der Waals surface area contributed by atoms with Gasteiger partial charge in [-0.15, -0.1) is 0 Å². The molecule has 0 fully saturated rings. The van der Waals surface area contributed by atoms with E-state index in [-0.39, 0.29) is 36.3 Å². The van der Waals surface area contributed by atoms with Crippen LogP contribution in [0.2, 0.25) is 0 Å². The quantitative estimate of drug-likeness (QED) is 0.169. The van der Waals surface area contributed by atoms with Gasteiger partial charge in [-0.1, -0.05) is 84.9 Å². The standard InChI is InChI=1S/C34H27N3O5/c1-2-34(40)28-16-30-31-26(18-37(30)32(38)27(28)20-41-33(34)39)25(24-10-6-7-11-29(24)36-31)17-35-42-19-21-12-14-23(15-13-21)22-8-4-3-5-9-22/h3-17,40H,2,18-20H2,1H3/t34-/m0/s1. The number of oxime groups is 1. The number of cyclic esters (lactones) is 1. The maximum absolute atomic E-state index is 13.6. The second kappa shape index (κ2) is 10.1. The molecule has 1 N–H and O–H groups in total. The highest BCUT2D eigenvalue weighted by molar-refractivity contribution is 6.02. The minimum absolute atomic E-state index is 0.0873. The van der Waals surface area contributed by atoms with Crippen molar-refractivity contribution in [2.24, 2.45) is 5.16 Å². The summed E-state index contributed by atoms with van der Waals surface area (Å²) in [6.07, 6.45) is 1.76. The van der Waals surface area contributed by atoms with Crippen molar-refractivity contribution in [1.29, 1.82) is 0 Å². The third kappa shape index (κ3) is 4.11. The number of aliphatic hydroxyl groups is 1. The molecular formula is C34H27N3O5. The SMILES string of the molecule is CC[C@@]1(O)C(=O)OCc2c1cc1n(c2=O)Cc2c-1nc1ccccc1c2C=NOCc1ccc(-c2ccccc2)cc1. The number of pyridine rings is 2. The number of nitrogens with zero attached hydrogens (tertiary/aromatic N) is 3. The molecule has 0 radical (unpaired) electrons. The van der Waals surface area contributed by atoms with Gasteiger partial charge in [-0.05, 0) is 35.2 Å². The summed E-state index contributed by atoms with van der Waals surface area (Å²) >= 11 is 0. The van der Waals surface area contributed by atoms with Crippen molar-refractivity contribution in [3.8, 4) is 22.5 Å². The van der Waals surface area contributed by atoms with Crippen molar-refractivity contribution in [3.05, 3.63) is 123 Å². The van der Waals surface area contributed by atoms with Crippen LogP contribution in [-0.2, 0) is 39.7 Å². The molecule has 0 saturated heterocycles. The number of esters is 1. The first-order valence-electron chi connectivity index (χ1n) is 13.9. The first-order valence-corrected chi connectivity index (χ1v) is 13.9. The summed E-state index contributed by atoms with van der Waals surface area (Å²) in [6.45, 7) is 2.09. The fourth-order valence-electron chi connectivity index (χ4n) is 5.83. The van der Waals surface area contributed by atoms with E-state index in [1.165, 1.54) is 0 Å². The summed E-state index contributed by atoms with van der Waals surface area (Å²) < 4.78 is 6.81. The fourth-order valence-corrected chi connectivity index (χ4v) is 5.83. The molecule has 2 aromatic heterocycles. The van der Waals surface area contributed by atoms with Crippen molar-refractivity contribution in [2.75, 3.05) is 0 Å². The van der Waals surface area contributed by atoms with Gasteiger partial charge in [0.15, 0.2) is 5.60 Å². The van der Waals surface area contributed by atoms with Gasteiger partial charge in [0.05, 0.1) is 35.2 Å². The Bertz CT molecular complexity index is 1950. The third-order valence-electron chi connectivity index (χ3n) is 8.19. The highest BCUT2D eigenvalue weighted by atomic mass is 16.6. The molecule has 208 valence electrons. The first kappa shape index (κ1) is 25.9. The van der Waals surface area contributed by atoms with Gasteiger partial charge in [-0.3, -0.25) is 4.79 Å². The Balaban J connectivity index is 1.22. The van der Waals surface area contributed by atoms with E-state index >= 15 is 0 Å². The number of carbonyl (C=O) groups is 1. The second-order valence-electron chi connectivity index (χ2n) is 10.5. The van der Waals surface area contributed by atoms with E-state index < -0.39 is 11.6 Å². The lowest BCUT2D eigenvalue weighted by molar-refractivity contribution is -0.172. The topological polar surface area (TPSA) is 103 Å². The molecule has 1 atom stereocenters. The summed E-state index contributed by atoms with van der Waals surface area (Å²) in [5.41, 5.74) is 5.19. The van der Waals surface area contributed by atoms with Gasteiger partial charge in [0, 0.05) is 22.1 Å². The average molecular weight is 558 g/mol. The number of ether oxygens (including phenoxy) is 1. The molecule has 2 aliphatic rings. The monoisotopic (exact) mass is 557 g/mol. The predicted molar refractivity (Wildman–Crippen MR) is 159 cm³/mol. The number of carbonyl (C=O) groups excluding carboxylic acids is 1. The molecule has 8 heteroatoms. The van der Waals surface area contributed by atoms with Crippen LogP contribution < -0.4 is 5.56 Å². The molecule has 0 spiro atoms. The van der Waals surface area contributed by atoms with E-state index in [2.05, 4.69) is 29.4 Å². The van der Waals surface area contributed by atoms with Crippen molar-refractivity contribution < 1.29 is 19.5 Å². The van der Waals surface area contributed by atoms with Crippen LogP contribution in [-0.4, -0.2) is 26.8 Å². The fraction of sp³-hybridized carbons (Fsp3) is 0.176. The molecule has 0 unspecified atom stereocenters. The summed E-state index contributed by atoms with van der Waals surface area (Å²) in [5, 5.41) is 16.3. The number of benzene rings is 3. The second-order valence-corrected chi connectivity index (χ2v) is 10.5. The summed E-state index contributed by atoms with van der Waals surface area (Å²) in [5.74, 6) is -0.744. The molecule has 8 nitrogen and oxygen atoms in total. The molecule has 7 rings (SSSR count). The minimum Gasteiger partial charge on any atom is -0.458 e. The van der Waals surface area contributed by atoms with Gasteiger partial charge in [0.25, 0.3) is 5.56 Å². The van der Waals surface area contributed by atoms with Crippen LogP contribution in [0.3, 0.4) is 0 Å². The van der Waals surface area contributed by atoms with Crippen molar-refractivity contribution in [2.45, 2.75) is 38.7 Å². The number of fused-ring (bicyclic) bond motifs is 5. The summed E-state index contributed by atoms with van der Waals surface area (Å²) in [7, 11) is 0. The normalized spacial score (nSPS) is 17.1. The Kier molecular flexibility index (Phi) is 6.21. The summed E-state index contributed by atoms with van der Waals surface area (Å²) in [6, 6.07) is 27.8. The van der Waals surface area contributed by atoms with Crippen LogP contribution >= 0.6 is 0 Å². The van der Waals surface area contributed by atoms with Gasteiger partial charge in [0.2, 0.25) is 0 Å². The Labute approximate surface area is 241 Å². The molecule has 5 aromatic rings. The number of hydrogen-bond acceptors (Lipinski definition) is 7. The number of rotatable bonds is 6. The molecule has 2 aliphatic heterocycles. The maximum atomic E-state index is 13.6. The van der Waals surface area contributed by atoms with E-state index in [0.717, 1.165) is 38.7 Å². The zero-order valence-electron chi connectivity index (χ0n) is 22.9. The van der Waals surface area contributed by atoms with Gasteiger partial charge >= 0.3 is 5.97 Å². The Morgan fingerprint density at radius 2 is 1.74 bits per heavy atom. The molecule has 0 bridgehead atoms. The average Bonchev–Trinajstić information content (AvgIpc) is 3.40. The van der Waals surface area contributed by atoms with Gasteiger partial charge in [-0.2, -0.15) is 0 Å². The minimum atomic E-state index is -1.88. The number of para-hydroxylation sites is 1. The maximum Gasteiger partial charge on any atom is 0.343 e. The molecule has 4 heterocycles. The van der Waals surface area contributed by atoms with Gasteiger partial charge < -0.3 is 19.2 Å². The zero-order chi connectivity index (χ0) is 28.8. The summed E-state index contributed by atoms with van der Waals surface area (Å²) in [4.78, 5) is 36.7. The smallest absolute Gasteiger partial charge is 0.343 e. The first-order chi connectivity index (χ1) is 20.5. The van der Waals surface area contributed by atoms with Crippen LogP contribution in [0.1, 0.15) is 41.2 Å². The van der Waals surface area contributed by atoms with Gasteiger partial charge in [0.1, 0.15) is 13.2 Å². The van der Waals surface area contributed by atoms with E-state index in [0.29, 0.717) is 18.0 Å². The Morgan fingerprint density at radius 1 is 1.00 bits per heavy atom. The highest BCUT2D eigenvalue weighted by Crippen LogP contribution is 2.39. The Morgan fingerprint density at radius 3 is 2.52 bits per heavy atom. The van der Waals surface area contributed by atoms with E-state index in [1.54, 1.807) is 23.8 Å². The van der Waals surface area contributed by atoms with Crippen LogP contribution in [0.15, 0.2) is 94.9 Å².